The van der Waals surface area contributed by atoms with Gasteiger partial charge in [-0.2, -0.15) is 8.42 Å². The minimum absolute atomic E-state index is 0.190. The smallest absolute Gasteiger partial charge is 0.307 e. The molecule has 8 heteroatoms. The number of nitrogens with zero attached hydrogens (tertiary/aromatic N) is 1. The quantitative estimate of drug-likeness (QED) is 0.798. The zero-order valence-corrected chi connectivity index (χ0v) is 11.5. The maximum Gasteiger partial charge on any atom is 0.307 e. The Kier molecular flexibility index (Phi) is 3.69. The predicted molar refractivity (Wildman–Crippen MR) is 68.8 cm³/mol. The van der Waals surface area contributed by atoms with Gasteiger partial charge >= 0.3 is 10.2 Å². The Bertz CT molecular complexity index is 619. The summed E-state index contributed by atoms with van der Waals surface area (Å²) in [5.74, 6) is -0.125. The van der Waals surface area contributed by atoms with E-state index in [0.29, 0.717) is 11.4 Å². The topological polar surface area (TPSA) is 63.7 Å². The standard InChI is InChI=1S/C11H11ClFNO4S/c1-18-9-4-2-3-8(11(9)12)14-6-7(5-10(14)15)19(13,16)17/h2-4,7H,5-6H2,1H3. The van der Waals surface area contributed by atoms with Gasteiger partial charge in [-0.3, -0.25) is 4.79 Å². The number of hydrogen-bond acceptors (Lipinski definition) is 4. The highest BCUT2D eigenvalue weighted by atomic mass is 35.5. The predicted octanol–water partition coefficient (Wildman–Crippen LogP) is 1.75. The van der Waals surface area contributed by atoms with Crippen molar-refractivity contribution in [2.45, 2.75) is 11.7 Å². The third kappa shape index (κ3) is 2.66. The molecule has 1 aromatic rings. The first-order valence-corrected chi connectivity index (χ1v) is 7.23. The summed E-state index contributed by atoms with van der Waals surface area (Å²) in [5, 5.41) is -1.16. The first-order chi connectivity index (χ1) is 8.84. The number of amides is 1. The third-order valence-corrected chi connectivity index (χ3v) is 4.43. The molecule has 19 heavy (non-hydrogen) atoms. The Balaban J connectivity index is 2.36. The monoisotopic (exact) mass is 307 g/mol. The number of halogens is 2. The molecule has 5 nitrogen and oxygen atoms in total. The summed E-state index contributed by atoms with van der Waals surface area (Å²) in [6.07, 6.45) is -0.383. The molecular weight excluding hydrogens is 297 g/mol. The summed E-state index contributed by atoms with van der Waals surface area (Å²) < 4.78 is 39.7. The molecule has 1 atom stereocenters. The number of benzene rings is 1. The Morgan fingerprint density at radius 1 is 1.47 bits per heavy atom. The second-order valence-electron chi connectivity index (χ2n) is 4.10. The molecule has 0 spiro atoms. The van der Waals surface area contributed by atoms with Gasteiger partial charge in [0.1, 0.15) is 16.0 Å². The maximum absolute atomic E-state index is 12.9. The van der Waals surface area contributed by atoms with Crippen LogP contribution in [-0.2, 0) is 15.0 Å². The highest BCUT2D eigenvalue weighted by molar-refractivity contribution is 7.87. The highest BCUT2D eigenvalue weighted by Crippen LogP contribution is 2.37. The largest absolute Gasteiger partial charge is 0.495 e. The van der Waals surface area contributed by atoms with Crippen molar-refractivity contribution in [3.8, 4) is 5.75 Å². The zero-order valence-electron chi connectivity index (χ0n) is 9.97. The lowest BCUT2D eigenvalue weighted by molar-refractivity contribution is -0.117. The van der Waals surface area contributed by atoms with Gasteiger partial charge in [0.25, 0.3) is 0 Å². The number of carbonyl (C=O) groups excluding carboxylic acids is 1. The number of hydrogen-bond donors (Lipinski definition) is 0. The molecule has 104 valence electrons. The minimum Gasteiger partial charge on any atom is -0.495 e. The number of carbonyl (C=O) groups is 1. The van der Waals surface area contributed by atoms with E-state index in [1.54, 1.807) is 18.2 Å². The SMILES string of the molecule is COc1cccc(N2CC(S(=O)(=O)F)CC2=O)c1Cl. The minimum atomic E-state index is -4.74. The van der Waals surface area contributed by atoms with Crippen molar-refractivity contribution < 1.29 is 21.8 Å². The van der Waals surface area contributed by atoms with Crippen molar-refractivity contribution in [1.82, 2.24) is 0 Å². The molecule has 0 saturated carbocycles. The second kappa shape index (κ2) is 4.97. The summed E-state index contributed by atoms with van der Waals surface area (Å²) in [5.41, 5.74) is 0.317. The van der Waals surface area contributed by atoms with Gasteiger partial charge in [0.2, 0.25) is 5.91 Å². The molecule has 0 bridgehead atoms. The van der Waals surface area contributed by atoms with Crippen LogP contribution in [0.2, 0.25) is 5.02 Å². The first-order valence-electron chi connectivity index (χ1n) is 5.41. The number of ether oxygens (including phenoxy) is 1. The van der Waals surface area contributed by atoms with Crippen molar-refractivity contribution in [3.05, 3.63) is 23.2 Å². The Labute approximate surface area is 115 Å². The fraction of sp³-hybridized carbons (Fsp3) is 0.364. The van der Waals surface area contributed by atoms with Crippen LogP contribution < -0.4 is 9.64 Å². The summed E-state index contributed by atoms with van der Waals surface area (Å²) in [6, 6.07) is 4.77. The molecule has 1 unspecified atom stereocenters. The van der Waals surface area contributed by atoms with Gasteiger partial charge in [0.15, 0.2) is 0 Å². The van der Waals surface area contributed by atoms with Gasteiger partial charge in [-0.1, -0.05) is 17.7 Å². The fourth-order valence-corrected chi connectivity index (χ4v) is 2.94. The molecule has 1 heterocycles. The summed E-state index contributed by atoms with van der Waals surface area (Å²) >= 11 is 6.05. The molecule has 1 aliphatic rings. The van der Waals surface area contributed by atoms with E-state index in [0.717, 1.165) is 4.90 Å². The highest BCUT2D eigenvalue weighted by Gasteiger charge is 2.39. The molecule has 0 N–H and O–H groups in total. The lowest BCUT2D eigenvalue weighted by Crippen LogP contribution is -2.27. The summed E-state index contributed by atoms with van der Waals surface area (Å²) in [6.45, 7) is -0.245. The van der Waals surface area contributed by atoms with Crippen molar-refractivity contribution in [2.75, 3.05) is 18.6 Å². The molecule has 1 saturated heterocycles. The average Bonchev–Trinajstić information content (AvgIpc) is 2.71. The zero-order chi connectivity index (χ0) is 14.2. The van der Waals surface area contributed by atoms with E-state index in [1.165, 1.54) is 7.11 Å². The van der Waals surface area contributed by atoms with Gasteiger partial charge in [-0.05, 0) is 12.1 Å². The normalized spacial score (nSPS) is 19.8. The Morgan fingerprint density at radius 3 is 2.68 bits per heavy atom. The van der Waals surface area contributed by atoms with Gasteiger partial charge in [0, 0.05) is 13.0 Å². The van der Waals surface area contributed by atoms with Crippen LogP contribution in [0.4, 0.5) is 9.57 Å². The van der Waals surface area contributed by atoms with Gasteiger partial charge < -0.3 is 9.64 Å². The van der Waals surface area contributed by atoms with E-state index in [4.69, 9.17) is 16.3 Å². The van der Waals surface area contributed by atoms with E-state index < -0.39 is 21.4 Å². The van der Waals surface area contributed by atoms with E-state index in [1.807, 2.05) is 0 Å². The lowest BCUT2D eigenvalue weighted by Gasteiger charge is -2.18. The number of anilines is 1. The van der Waals surface area contributed by atoms with E-state index in [2.05, 4.69) is 0 Å². The van der Waals surface area contributed by atoms with Crippen LogP contribution in [0.3, 0.4) is 0 Å². The molecule has 2 rings (SSSR count). The van der Waals surface area contributed by atoms with Crippen molar-refractivity contribution in [2.24, 2.45) is 0 Å². The van der Waals surface area contributed by atoms with Crippen LogP contribution in [0.15, 0.2) is 18.2 Å². The Hall–Kier alpha value is -1.34. The van der Waals surface area contributed by atoms with Crippen molar-refractivity contribution in [3.63, 3.8) is 0 Å². The van der Waals surface area contributed by atoms with Crippen molar-refractivity contribution >= 4 is 33.4 Å². The van der Waals surface area contributed by atoms with Crippen LogP contribution in [0.25, 0.3) is 0 Å². The van der Waals surface area contributed by atoms with Crippen LogP contribution in [0, 0.1) is 0 Å². The number of rotatable bonds is 3. The van der Waals surface area contributed by atoms with Gasteiger partial charge in [0.05, 0.1) is 12.8 Å². The molecule has 0 aromatic heterocycles. The van der Waals surface area contributed by atoms with Gasteiger partial charge in [-0.25, -0.2) is 0 Å². The van der Waals surface area contributed by atoms with Crippen LogP contribution in [0.1, 0.15) is 6.42 Å². The molecule has 0 radical (unpaired) electrons. The maximum atomic E-state index is 12.9. The molecule has 1 aromatic carbocycles. The summed E-state index contributed by atoms with van der Waals surface area (Å²) in [4.78, 5) is 12.9. The lowest BCUT2D eigenvalue weighted by atomic mass is 10.2. The molecule has 1 amide bonds. The van der Waals surface area contributed by atoms with E-state index >= 15 is 0 Å². The fourth-order valence-electron chi connectivity index (χ4n) is 1.96. The molecule has 0 aliphatic carbocycles. The van der Waals surface area contributed by atoms with Crippen molar-refractivity contribution in [1.29, 1.82) is 0 Å². The average molecular weight is 308 g/mol. The Morgan fingerprint density at radius 2 is 2.16 bits per heavy atom. The van der Waals surface area contributed by atoms with E-state index in [-0.39, 0.29) is 18.0 Å². The van der Waals surface area contributed by atoms with Gasteiger partial charge in [-0.15, -0.1) is 3.89 Å². The number of methoxy groups -OCH3 is 1. The first kappa shape index (κ1) is 14.1. The molecule has 1 fully saturated rings. The van der Waals surface area contributed by atoms with Crippen LogP contribution in [-0.4, -0.2) is 33.2 Å². The van der Waals surface area contributed by atoms with Crippen LogP contribution in [0.5, 0.6) is 5.75 Å². The molecule has 1 aliphatic heterocycles. The van der Waals surface area contributed by atoms with E-state index in [9.17, 15) is 17.1 Å². The third-order valence-electron chi connectivity index (χ3n) is 2.94. The second-order valence-corrected chi connectivity index (χ2v) is 6.10. The summed E-state index contributed by atoms with van der Waals surface area (Å²) in [7, 11) is -3.32. The van der Waals surface area contributed by atoms with Crippen LogP contribution >= 0.6 is 11.6 Å². The molecular formula is C11H11ClFNO4S.